The van der Waals surface area contributed by atoms with E-state index in [-0.39, 0.29) is 0 Å². The number of methoxy groups -OCH3 is 2. The standard InChI is InChI=1S/C21H21ClN2O3/c1-13-10-19(23-21-18(26-3)7-6-17(25-2)20(13)21)24-8-9-27-16-5-4-15(22)11-14(16)12-24/h4-7,10-11H,8-9,12H2,1-3H3. The number of hydrogen-bond acceptors (Lipinski definition) is 5. The van der Waals surface area contributed by atoms with Gasteiger partial charge in [-0.05, 0) is 48.9 Å². The van der Waals surface area contributed by atoms with Gasteiger partial charge in [-0.15, -0.1) is 0 Å². The van der Waals surface area contributed by atoms with Crippen molar-refractivity contribution in [1.82, 2.24) is 4.98 Å². The topological polar surface area (TPSA) is 43.8 Å². The van der Waals surface area contributed by atoms with Crippen molar-refractivity contribution in [3.05, 3.63) is 52.5 Å². The van der Waals surface area contributed by atoms with Gasteiger partial charge in [-0.25, -0.2) is 4.98 Å². The van der Waals surface area contributed by atoms with Gasteiger partial charge in [0, 0.05) is 22.5 Å². The van der Waals surface area contributed by atoms with Crippen LogP contribution in [0.15, 0.2) is 36.4 Å². The summed E-state index contributed by atoms with van der Waals surface area (Å²) in [5, 5.41) is 1.67. The van der Waals surface area contributed by atoms with Gasteiger partial charge in [-0.3, -0.25) is 0 Å². The van der Waals surface area contributed by atoms with Crippen LogP contribution >= 0.6 is 11.6 Å². The maximum atomic E-state index is 6.18. The van der Waals surface area contributed by atoms with Gasteiger partial charge in [0.2, 0.25) is 0 Å². The fraction of sp³-hybridized carbons (Fsp3) is 0.286. The normalized spacial score (nSPS) is 13.7. The Morgan fingerprint density at radius 1 is 1.07 bits per heavy atom. The molecule has 0 saturated heterocycles. The van der Waals surface area contributed by atoms with E-state index < -0.39 is 0 Å². The van der Waals surface area contributed by atoms with Crippen LogP contribution in [-0.4, -0.2) is 32.4 Å². The molecule has 0 saturated carbocycles. The molecule has 1 aromatic heterocycles. The van der Waals surface area contributed by atoms with Crippen molar-refractivity contribution in [2.45, 2.75) is 13.5 Å². The number of anilines is 1. The predicted octanol–water partition coefficient (Wildman–Crippen LogP) is 4.61. The average Bonchev–Trinajstić information content (AvgIpc) is 2.88. The van der Waals surface area contributed by atoms with E-state index in [0.29, 0.717) is 18.2 Å². The molecule has 27 heavy (non-hydrogen) atoms. The maximum absolute atomic E-state index is 6.18. The van der Waals surface area contributed by atoms with Crippen molar-refractivity contribution in [2.75, 3.05) is 32.3 Å². The van der Waals surface area contributed by atoms with Crippen LogP contribution in [0.3, 0.4) is 0 Å². The highest BCUT2D eigenvalue weighted by Crippen LogP contribution is 2.37. The third-order valence-corrected chi connectivity index (χ3v) is 5.07. The van der Waals surface area contributed by atoms with Gasteiger partial charge >= 0.3 is 0 Å². The van der Waals surface area contributed by atoms with E-state index in [4.69, 9.17) is 30.8 Å². The molecule has 140 valence electrons. The van der Waals surface area contributed by atoms with Crippen LogP contribution < -0.4 is 19.1 Å². The Morgan fingerprint density at radius 2 is 1.85 bits per heavy atom. The average molecular weight is 385 g/mol. The molecule has 1 aliphatic heterocycles. The maximum Gasteiger partial charge on any atom is 0.145 e. The first-order chi connectivity index (χ1) is 13.1. The number of ether oxygens (including phenoxy) is 3. The van der Waals surface area contributed by atoms with E-state index in [9.17, 15) is 0 Å². The van der Waals surface area contributed by atoms with Crippen LogP contribution in [0.4, 0.5) is 5.82 Å². The van der Waals surface area contributed by atoms with Crippen LogP contribution in [0.5, 0.6) is 17.2 Å². The summed E-state index contributed by atoms with van der Waals surface area (Å²) in [6.07, 6.45) is 0. The summed E-state index contributed by atoms with van der Waals surface area (Å²) < 4.78 is 17.0. The molecule has 0 aliphatic carbocycles. The molecule has 2 heterocycles. The minimum atomic E-state index is 0.586. The van der Waals surface area contributed by atoms with Crippen molar-refractivity contribution < 1.29 is 14.2 Å². The first kappa shape index (κ1) is 17.7. The number of benzene rings is 2. The number of aromatic nitrogens is 1. The van der Waals surface area contributed by atoms with Gasteiger partial charge in [0.15, 0.2) is 0 Å². The number of hydrogen-bond donors (Lipinski definition) is 0. The lowest BCUT2D eigenvalue weighted by Gasteiger charge is -2.23. The van der Waals surface area contributed by atoms with Crippen molar-refractivity contribution in [2.24, 2.45) is 0 Å². The molecule has 0 spiro atoms. The van der Waals surface area contributed by atoms with Crippen LogP contribution in [0.1, 0.15) is 11.1 Å². The van der Waals surface area contributed by atoms with Gasteiger partial charge in [-0.1, -0.05) is 11.6 Å². The Kier molecular flexibility index (Phi) is 4.70. The summed E-state index contributed by atoms with van der Waals surface area (Å²) in [4.78, 5) is 7.11. The second-order valence-electron chi connectivity index (χ2n) is 6.51. The lowest BCUT2D eigenvalue weighted by atomic mass is 10.1. The molecule has 4 rings (SSSR count). The smallest absolute Gasteiger partial charge is 0.145 e. The number of halogens is 1. The third-order valence-electron chi connectivity index (χ3n) is 4.84. The molecule has 0 unspecified atom stereocenters. The van der Waals surface area contributed by atoms with Crippen molar-refractivity contribution in [3.8, 4) is 17.2 Å². The summed E-state index contributed by atoms with van der Waals surface area (Å²) in [5.74, 6) is 3.27. The number of rotatable bonds is 3. The molecule has 0 bridgehead atoms. The molecule has 5 nitrogen and oxygen atoms in total. The highest BCUT2D eigenvalue weighted by Gasteiger charge is 2.20. The van der Waals surface area contributed by atoms with Crippen molar-refractivity contribution in [1.29, 1.82) is 0 Å². The van der Waals surface area contributed by atoms with Crippen LogP contribution in [0.25, 0.3) is 10.9 Å². The monoisotopic (exact) mass is 384 g/mol. The van der Waals surface area contributed by atoms with Gasteiger partial charge < -0.3 is 19.1 Å². The van der Waals surface area contributed by atoms with E-state index in [0.717, 1.165) is 51.6 Å². The van der Waals surface area contributed by atoms with Gasteiger partial charge in [-0.2, -0.15) is 0 Å². The molecular formula is C21H21ClN2O3. The number of pyridine rings is 1. The number of aryl methyl sites for hydroxylation is 1. The van der Waals surface area contributed by atoms with Crippen molar-refractivity contribution in [3.63, 3.8) is 0 Å². The zero-order valence-electron chi connectivity index (χ0n) is 15.6. The molecule has 1 aliphatic rings. The van der Waals surface area contributed by atoms with E-state index in [1.54, 1.807) is 14.2 Å². The summed E-state index contributed by atoms with van der Waals surface area (Å²) in [6.45, 7) is 4.06. The van der Waals surface area contributed by atoms with Gasteiger partial charge in [0.1, 0.15) is 35.2 Å². The first-order valence-electron chi connectivity index (χ1n) is 8.79. The van der Waals surface area contributed by atoms with Crippen molar-refractivity contribution >= 4 is 28.3 Å². The minimum Gasteiger partial charge on any atom is -0.496 e. The second kappa shape index (κ2) is 7.16. The molecule has 0 amide bonds. The zero-order valence-corrected chi connectivity index (χ0v) is 16.3. The van der Waals surface area contributed by atoms with Crippen LogP contribution in [-0.2, 0) is 6.54 Å². The Hall–Kier alpha value is -2.66. The summed E-state index contributed by atoms with van der Waals surface area (Å²) >= 11 is 6.18. The SMILES string of the molecule is COc1ccc(OC)c2c(C)cc(N3CCOc4ccc(Cl)cc4C3)nc12. The predicted molar refractivity (Wildman–Crippen MR) is 108 cm³/mol. The molecule has 0 N–H and O–H groups in total. The second-order valence-corrected chi connectivity index (χ2v) is 6.95. The fourth-order valence-corrected chi connectivity index (χ4v) is 3.71. The molecular weight excluding hydrogens is 364 g/mol. The lowest BCUT2D eigenvalue weighted by molar-refractivity contribution is 0.331. The Balaban J connectivity index is 1.82. The van der Waals surface area contributed by atoms with E-state index >= 15 is 0 Å². The molecule has 6 heteroatoms. The molecule has 3 aromatic rings. The van der Waals surface area contributed by atoms with E-state index in [1.807, 2.05) is 30.3 Å². The molecule has 0 radical (unpaired) electrons. The summed E-state index contributed by atoms with van der Waals surface area (Å²) in [7, 11) is 3.32. The van der Waals surface area contributed by atoms with Gasteiger partial charge in [0.25, 0.3) is 0 Å². The highest BCUT2D eigenvalue weighted by molar-refractivity contribution is 6.30. The Bertz CT molecular complexity index is 1010. The molecule has 0 fully saturated rings. The fourth-order valence-electron chi connectivity index (χ4n) is 3.51. The number of fused-ring (bicyclic) bond motifs is 2. The first-order valence-corrected chi connectivity index (χ1v) is 9.17. The van der Waals surface area contributed by atoms with E-state index in [1.165, 1.54) is 0 Å². The quantitative estimate of drug-likeness (QED) is 0.659. The van der Waals surface area contributed by atoms with E-state index in [2.05, 4.69) is 17.9 Å². The van der Waals surface area contributed by atoms with Crippen LogP contribution in [0, 0.1) is 6.92 Å². The van der Waals surface area contributed by atoms with Crippen LogP contribution in [0.2, 0.25) is 5.02 Å². The summed E-state index contributed by atoms with van der Waals surface area (Å²) in [6, 6.07) is 11.6. The Morgan fingerprint density at radius 3 is 2.63 bits per heavy atom. The summed E-state index contributed by atoms with van der Waals surface area (Å²) in [5.41, 5.74) is 2.93. The Labute approximate surface area is 163 Å². The highest BCUT2D eigenvalue weighted by atomic mass is 35.5. The lowest BCUT2D eigenvalue weighted by Crippen LogP contribution is -2.26. The van der Waals surface area contributed by atoms with Gasteiger partial charge in [0.05, 0.1) is 20.8 Å². The molecule has 2 aromatic carbocycles. The zero-order chi connectivity index (χ0) is 19.0. The largest absolute Gasteiger partial charge is 0.496 e. The minimum absolute atomic E-state index is 0.586. The third kappa shape index (κ3) is 3.23. The number of nitrogens with zero attached hydrogens (tertiary/aromatic N) is 2. The molecule has 0 atom stereocenters.